The third-order valence-electron chi connectivity index (χ3n) is 9.53. The number of aliphatic hydroxyl groups is 1. The minimum atomic E-state index is -1.31. The summed E-state index contributed by atoms with van der Waals surface area (Å²) in [4.78, 5) is 18.2. The van der Waals surface area contributed by atoms with Gasteiger partial charge in [-0.2, -0.15) is 0 Å². The fourth-order valence-electron chi connectivity index (χ4n) is 7.48. The van der Waals surface area contributed by atoms with Gasteiger partial charge in [0.05, 0.1) is 30.1 Å². The number of halogens is 1. The van der Waals surface area contributed by atoms with Crippen molar-refractivity contribution in [3.8, 4) is 0 Å². The van der Waals surface area contributed by atoms with Gasteiger partial charge in [0, 0.05) is 30.5 Å². The summed E-state index contributed by atoms with van der Waals surface area (Å²) in [5.41, 5.74) is 7.93. The summed E-state index contributed by atoms with van der Waals surface area (Å²) in [6, 6.07) is 0. The number of hydrogen-bond donors (Lipinski definition) is 5. The molecular weight excluding hydrogens is 519 g/mol. The molecule has 3 saturated heterocycles. The van der Waals surface area contributed by atoms with Crippen LogP contribution < -0.4 is 21.7 Å². The minimum Gasteiger partial charge on any atom is -0.390 e. The van der Waals surface area contributed by atoms with Gasteiger partial charge in [0.2, 0.25) is 0 Å². The van der Waals surface area contributed by atoms with Crippen LogP contribution in [0.15, 0.2) is 24.8 Å². The minimum absolute atomic E-state index is 0.0755. The molecule has 8 heterocycles. The summed E-state index contributed by atoms with van der Waals surface area (Å²) in [5.74, 6) is 0.994. The number of aliphatic hydroxyl groups excluding tert-OH is 1. The zero-order valence-corrected chi connectivity index (χ0v) is 21.9. The van der Waals surface area contributed by atoms with Crippen molar-refractivity contribution in [2.45, 2.75) is 74.1 Å². The largest absolute Gasteiger partial charge is 0.390 e. The first-order valence-electron chi connectivity index (χ1n) is 14.2. The van der Waals surface area contributed by atoms with Gasteiger partial charge in [-0.05, 0) is 31.6 Å². The molecule has 6 aliphatic heterocycles. The first-order chi connectivity index (χ1) is 19.5. The van der Waals surface area contributed by atoms with Gasteiger partial charge in [0.1, 0.15) is 54.2 Å². The van der Waals surface area contributed by atoms with E-state index in [1.54, 1.807) is 0 Å². The standard InChI is InChI=1S/C27H33FN8O4/c28-19-14-8-27-18-21(27)32-10-35-25(18)31-6-2-1-5-30-23-17-12(7-13-20(37)16(9-38-27)39-22(13)29)3-4-15(14)40-26(19)36-24(17)34-11-33-23/h1-2,10-16,19-20,22,26,37H,3-9,29H2,(H,31,32,35)(H2,30,33,34,36)/b2-1+/t12?,13-,14-,15-,16-,19-,20+,22-,26-,27?/m1/s1. The van der Waals surface area contributed by atoms with Crippen LogP contribution in [-0.4, -0.2) is 81.7 Å². The summed E-state index contributed by atoms with van der Waals surface area (Å²) in [7, 11) is 0. The van der Waals surface area contributed by atoms with Crippen molar-refractivity contribution in [3.63, 3.8) is 0 Å². The molecule has 12 nitrogen and oxygen atoms in total. The van der Waals surface area contributed by atoms with Gasteiger partial charge >= 0.3 is 0 Å². The molecule has 0 amide bonds. The van der Waals surface area contributed by atoms with E-state index in [4.69, 9.17) is 19.9 Å². The predicted molar refractivity (Wildman–Crippen MR) is 141 cm³/mol. The third-order valence-corrected chi connectivity index (χ3v) is 9.53. The molecule has 2 aromatic rings. The second kappa shape index (κ2) is 9.28. The molecule has 10 atom stereocenters. The van der Waals surface area contributed by atoms with Crippen LogP contribution in [0.2, 0.25) is 0 Å². The van der Waals surface area contributed by atoms with Crippen LogP contribution >= 0.6 is 0 Å². The molecule has 13 heteroatoms. The van der Waals surface area contributed by atoms with Crippen LogP contribution in [0.25, 0.3) is 0 Å². The summed E-state index contributed by atoms with van der Waals surface area (Å²) < 4.78 is 35.4. The second-order valence-corrected chi connectivity index (χ2v) is 11.7. The molecule has 2 aromatic heterocycles. The SMILES string of the molecule is N[C@@H]1O[C@@H]2COC34C[C@H]5[C@@H](F)[C@@H]6Nc7ncnc(c7C(CC[C@H]5O6)C[C@@H]1[C@@H]2O)NC/C=C/CNc1ncnc3c14. The lowest BCUT2D eigenvalue weighted by Gasteiger charge is -2.29. The Balaban J connectivity index is 1.31. The molecule has 3 fully saturated rings. The number of nitrogens with zero attached hydrogens (tertiary/aromatic N) is 4. The zero-order valence-electron chi connectivity index (χ0n) is 21.9. The van der Waals surface area contributed by atoms with E-state index in [1.165, 1.54) is 12.7 Å². The molecule has 0 radical (unpaired) electrons. The molecule has 0 aromatic carbocycles. The lowest BCUT2D eigenvalue weighted by Crippen LogP contribution is -2.35. The van der Waals surface area contributed by atoms with E-state index < -0.39 is 42.4 Å². The van der Waals surface area contributed by atoms with Crippen LogP contribution in [-0.2, 0) is 19.8 Å². The smallest absolute Gasteiger partial charge is 0.161 e. The lowest BCUT2D eigenvalue weighted by atomic mass is 9.80. The molecule has 212 valence electrons. The van der Waals surface area contributed by atoms with E-state index in [0.717, 1.165) is 16.8 Å². The summed E-state index contributed by atoms with van der Waals surface area (Å²) in [5, 5.41) is 21.5. The highest BCUT2D eigenvalue weighted by Gasteiger charge is 2.62. The molecule has 0 saturated carbocycles. The number of rotatable bonds is 0. The Morgan fingerprint density at radius 1 is 0.950 bits per heavy atom. The number of fused-ring (bicyclic) bond motifs is 6. The maximum Gasteiger partial charge on any atom is 0.161 e. The van der Waals surface area contributed by atoms with Crippen LogP contribution in [0.4, 0.5) is 21.8 Å². The normalized spacial score (nSPS) is 42.0. The first kappa shape index (κ1) is 24.8. The molecule has 6 N–H and O–H groups in total. The highest BCUT2D eigenvalue weighted by atomic mass is 19.1. The van der Waals surface area contributed by atoms with E-state index in [-0.39, 0.29) is 24.5 Å². The number of anilines is 3. The fourth-order valence-corrected chi connectivity index (χ4v) is 7.48. The van der Waals surface area contributed by atoms with Gasteiger partial charge in [0.15, 0.2) is 6.23 Å². The number of ether oxygens (including phenoxy) is 3. The van der Waals surface area contributed by atoms with Crippen molar-refractivity contribution in [1.29, 1.82) is 0 Å². The Hall–Kier alpha value is -2.97. The predicted octanol–water partition coefficient (Wildman–Crippen LogP) is 1.36. The van der Waals surface area contributed by atoms with Crippen molar-refractivity contribution < 1.29 is 23.7 Å². The van der Waals surface area contributed by atoms with Gasteiger partial charge in [-0.1, -0.05) is 12.2 Å². The number of nitrogens with one attached hydrogen (secondary N) is 3. The van der Waals surface area contributed by atoms with Gasteiger partial charge in [-0.25, -0.2) is 24.3 Å². The maximum absolute atomic E-state index is 16.4. The van der Waals surface area contributed by atoms with Gasteiger partial charge < -0.3 is 41.0 Å². The van der Waals surface area contributed by atoms with Crippen LogP contribution in [0.1, 0.15) is 48.4 Å². The van der Waals surface area contributed by atoms with E-state index in [2.05, 4.69) is 35.9 Å². The third kappa shape index (κ3) is 3.75. The molecule has 10 bridgehead atoms. The average molecular weight is 553 g/mol. The quantitative estimate of drug-likeness (QED) is 0.299. The molecule has 1 aliphatic carbocycles. The number of nitrogens with two attached hydrogens (primary N) is 1. The summed E-state index contributed by atoms with van der Waals surface area (Å²) in [6.07, 6.45) is 4.57. The number of aromatic nitrogens is 4. The fraction of sp³-hybridized carbons (Fsp3) is 0.630. The van der Waals surface area contributed by atoms with E-state index in [9.17, 15) is 5.11 Å². The number of alkyl halides is 1. The van der Waals surface area contributed by atoms with Crippen LogP contribution in [0.5, 0.6) is 0 Å². The summed E-state index contributed by atoms with van der Waals surface area (Å²) in [6.45, 7) is 1.16. The molecule has 1 spiro atoms. The Morgan fingerprint density at radius 2 is 1.73 bits per heavy atom. The Bertz CT molecular complexity index is 1350. The Morgan fingerprint density at radius 3 is 2.60 bits per heavy atom. The van der Waals surface area contributed by atoms with Crippen molar-refractivity contribution in [2.75, 3.05) is 35.6 Å². The lowest BCUT2D eigenvalue weighted by molar-refractivity contribution is -0.0896. The monoisotopic (exact) mass is 552 g/mol. The van der Waals surface area contributed by atoms with E-state index in [0.29, 0.717) is 56.2 Å². The number of hydrogen-bond acceptors (Lipinski definition) is 12. The van der Waals surface area contributed by atoms with Crippen LogP contribution in [0, 0.1) is 11.8 Å². The van der Waals surface area contributed by atoms with E-state index >= 15 is 4.39 Å². The first-order valence-corrected chi connectivity index (χ1v) is 14.2. The Labute approximate surface area is 230 Å². The molecule has 40 heavy (non-hydrogen) atoms. The van der Waals surface area contributed by atoms with Crippen molar-refractivity contribution in [1.82, 2.24) is 19.9 Å². The molecule has 9 rings (SSSR count). The maximum atomic E-state index is 16.4. The topological polar surface area (TPSA) is 162 Å². The van der Waals surface area contributed by atoms with Gasteiger partial charge in [0.25, 0.3) is 0 Å². The average Bonchev–Trinajstić information content (AvgIpc) is 3.35. The summed E-state index contributed by atoms with van der Waals surface area (Å²) >= 11 is 0. The Kier molecular flexibility index (Phi) is 5.75. The molecule has 7 aliphatic rings. The van der Waals surface area contributed by atoms with Gasteiger partial charge in [-0.3, -0.25) is 0 Å². The highest BCUT2D eigenvalue weighted by molar-refractivity contribution is 5.66. The van der Waals surface area contributed by atoms with Gasteiger partial charge in [-0.15, -0.1) is 0 Å². The highest BCUT2D eigenvalue weighted by Crippen LogP contribution is 2.59. The van der Waals surface area contributed by atoms with Crippen molar-refractivity contribution in [2.24, 2.45) is 17.6 Å². The van der Waals surface area contributed by atoms with Crippen molar-refractivity contribution in [3.05, 3.63) is 41.6 Å². The second-order valence-electron chi connectivity index (χ2n) is 11.7. The zero-order chi connectivity index (χ0) is 27.0. The molecule has 2 unspecified atom stereocenters. The van der Waals surface area contributed by atoms with Crippen molar-refractivity contribution >= 4 is 17.5 Å². The van der Waals surface area contributed by atoms with Crippen LogP contribution in [0.3, 0.4) is 0 Å². The molecular formula is C27H33FN8O4. The van der Waals surface area contributed by atoms with E-state index in [1.807, 2.05) is 12.2 Å².